The van der Waals surface area contributed by atoms with Gasteiger partial charge in [-0.05, 0) is 87.6 Å². The molecule has 0 spiro atoms. The van der Waals surface area contributed by atoms with Gasteiger partial charge in [0.25, 0.3) is 0 Å². The van der Waals surface area contributed by atoms with Gasteiger partial charge in [0.1, 0.15) is 11.2 Å². The molecular formula is C46H26N2O. The second kappa shape index (κ2) is 9.06. The maximum absolute atomic E-state index is 6.45. The average Bonchev–Trinajstić information content (AvgIpc) is 3.89. The Morgan fingerprint density at radius 1 is 0.347 bits per heavy atom. The van der Waals surface area contributed by atoms with Crippen LogP contribution >= 0.6 is 0 Å². The second-order valence-electron chi connectivity index (χ2n) is 13.3. The molecular weight excluding hydrogens is 597 g/mol. The number of para-hydroxylation sites is 3. The van der Waals surface area contributed by atoms with Crippen LogP contribution in [0.3, 0.4) is 0 Å². The first-order valence-electron chi connectivity index (χ1n) is 16.9. The highest BCUT2D eigenvalue weighted by atomic mass is 16.3. The maximum atomic E-state index is 6.45. The summed E-state index contributed by atoms with van der Waals surface area (Å²) < 4.78 is 11.4. The molecule has 11 aromatic rings. The third kappa shape index (κ3) is 3.17. The molecule has 226 valence electrons. The van der Waals surface area contributed by atoms with Crippen LogP contribution in [0.1, 0.15) is 0 Å². The molecule has 0 N–H and O–H groups in total. The Labute approximate surface area is 280 Å². The lowest BCUT2D eigenvalue weighted by Gasteiger charge is -2.12. The van der Waals surface area contributed by atoms with Crippen molar-refractivity contribution in [3.63, 3.8) is 0 Å². The van der Waals surface area contributed by atoms with Gasteiger partial charge in [0, 0.05) is 38.3 Å². The molecule has 0 amide bonds. The first-order chi connectivity index (χ1) is 24.3. The minimum atomic E-state index is 0.901. The van der Waals surface area contributed by atoms with Gasteiger partial charge < -0.3 is 13.6 Å². The third-order valence-electron chi connectivity index (χ3n) is 10.8. The second-order valence-corrected chi connectivity index (χ2v) is 13.3. The van der Waals surface area contributed by atoms with Gasteiger partial charge >= 0.3 is 0 Å². The fraction of sp³-hybridized carbons (Fsp3) is 0. The number of hydrogen-bond donors (Lipinski definition) is 0. The molecule has 0 saturated carbocycles. The average molecular weight is 623 g/mol. The summed E-state index contributed by atoms with van der Waals surface area (Å²) in [6, 6.07) is 57.5. The molecule has 0 bridgehead atoms. The zero-order valence-electron chi connectivity index (χ0n) is 26.3. The van der Waals surface area contributed by atoms with E-state index >= 15 is 0 Å². The number of aromatic nitrogens is 2. The molecule has 3 heterocycles. The number of fused-ring (bicyclic) bond motifs is 14. The molecule has 0 radical (unpaired) electrons. The molecule has 8 aromatic carbocycles. The Bertz CT molecular complexity index is 3200. The van der Waals surface area contributed by atoms with Gasteiger partial charge in [-0.2, -0.15) is 0 Å². The van der Waals surface area contributed by atoms with Gasteiger partial charge in [-0.3, -0.25) is 0 Å². The summed E-state index contributed by atoms with van der Waals surface area (Å²) in [6.45, 7) is 0. The summed E-state index contributed by atoms with van der Waals surface area (Å²) >= 11 is 0. The number of rotatable bonds is 2. The lowest BCUT2D eigenvalue weighted by molar-refractivity contribution is 0.669. The molecule has 3 nitrogen and oxygen atoms in total. The molecule has 0 fully saturated rings. The van der Waals surface area contributed by atoms with Crippen LogP contribution in [-0.2, 0) is 0 Å². The molecule has 0 atom stereocenters. The Morgan fingerprint density at radius 3 is 1.94 bits per heavy atom. The van der Waals surface area contributed by atoms with E-state index in [1.54, 1.807) is 0 Å². The summed E-state index contributed by atoms with van der Waals surface area (Å²) in [7, 11) is 0. The van der Waals surface area contributed by atoms with Gasteiger partial charge in [0.2, 0.25) is 0 Å². The highest BCUT2D eigenvalue weighted by molar-refractivity contribution is 6.31. The normalized spacial score (nSPS) is 12.5. The Balaban J connectivity index is 1.27. The predicted octanol–water partition coefficient (Wildman–Crippen LogP) is 12.6. The topological polar surface area (TPSA) is 23.0 Å². The van der Waals surface area contributed by atoms with Gasteiger partial charge in [0.15, 0.2) is 0 Å². The van der Waals surface area contributed by atoms with Crippen molar-refractivity contribution in [2.75, 3.05) is 0 Å². The van der Waals surface area contributed by atoms with Gasteiger partial charge in [-0.15, -0.1) is 0 Å². The van der Waals surface area contributed by atoms with E-state index < -0.39 is 0 Å². The van der Waals surface area contributed by atoms with Crippen LogP contribution in [0.4, 0.5) is 0 Å². The summed E-state index contributed by atoms with van der Waals surface area (Å²) in [4.78, 5) is 0. The lowest BCUT2D eigenvalue weighted by atomic mass is 10.0. The fourth-order valence-electron chi connectivity index (χ4n) is 8.88. The number of furan rings is 1. The van der Waals surface area contributed by atoms with E-state index in [1.807, 2.05) is 6.07 Å². The van der Waals surface area contributed by atoms with Crippen molar-refractivity contribution >= 4 is 76.3 Å². The van der Waals surface area contributed by atoms with E-state index in [4.69, 9.17) is 4.42 Å². The van der Waals surface area contributed by atoms with E-state index in [0.29, 0.717) is 0 Å². The molecule has 3 heteroatoms. The van der Waals surface area contributed by atoms with Crippen molar-refractivity contribution in [2.45, 2.75) is 0 Å². The van der Waals surface area contributed by atoms with Crippen LogP contribution in [0.25, 0.3) is 110 Å². The first kappa shape index (κ1) is 25.5. The van der Waals surface area contributed by atoms with Crippen LogP contribution in [0.2, 0.25) is 0 Å². The molecule has 3 aromatic heterocycles. The molecule has 1 aliphatic rings. The quantitative estimate of drug-likeness (QED) is 0.188. The molecule has 0 unspecified atom stereocenters. The van der Waals surface area contributed by atoms with E-state index in [2.05, 4.69) is 161 Å². The Morgan fingerprint density at radius 2 is 1.06 bits per heavy atom. The van der Waals surface area contributed by atoms with Crippen molar-refractivity contribution in [3.05, 3.63) is 158 Å². The Hall–Kier alpha value is -6.58. The molecule has 0 saturated heterocycles. The van der Waals surface area contributed by atoms with Crippen LogP contribution in [0, 0.1) is 0 Å². The van der Waals surface area contributed by atoms with E-state index in [1.165, 1.54) is 76.6 Å². The molecule has 1 aliphatic carbocycles. The summed E-state index contributed by atoms with van der Waals surface area (Å²) in [5.74, 6) is 0. The SMILES string of the molecule is c1ccc(-n2c3ccc4c5ccccc5n(-c5ccc6c(c5)-c5cccc7cccc-6c57)c4c3c3ccc4oc5ccccc5c4c32)cc1. The van der Waals surface area contributed by atoms with Crippen molar-refractivity contribution in [1.82, 2.24) is 9.13 Å². The number of hydrogen-bond acceptors (Lipinski definition) is 1. The summed E-state index contributed by atoms with van der Waals surface area (Å²) in [5.41, 5.74) is 14.1. The van der Waals surface area contributed by atoms with Crippen molar-refractivity contribution < 1.29 is 4.42 Å². The van der Waals surface area contributed by atoms with Crippen LogP contribution in [0.15, 0.2) is 162 Å². The lowest BCUT2D eigenvalue weighted by Crippen LogP contribution is -1.96. The Kier molecular flexibility index (Phi) is 4.72. The van der Waals surface area contributed by atoms with Crippen molar-refractivity contribution in [2.24, 2.45) is 0 Å². The maximum Gasteiger partial charge on any atom is 0.137 e. The summed E-state index contributed by atoms with van der Waals surface area (Å²) in [5, 5.41) is 9.87. The van der Waals surface area contributed by atoms with Crippen molar-refractivity contribution in [1.29, 1.82) is 0 Å². The van der Waals surface area contributed by atoms with E-state index in [0.717, 1.165) is 33.3 Å². The van der Waals surface area contributed by atoms with Crippen LogP contribution < -0.4 is 0 Å². The highest BCUT2D eigenvalue weighted by Gasteiger charge is 2.26. The smallest absolute Gasteiger partial charge is 0.137 e. The van der Waals surface area contributed by atoms with Gasteiger partial charge in [-0.1, -0.05) is 103 Å². The minimum Gasteiger partial charge on any atom is -0.456 e. The summed E-state index contributed by atoms with van der Waals surface area (Å²) in [6.07, 6.45) is 0. The largest absolute Gasteiger partial charge is 0.456 e. The molecule has 49 heavy (non-hydrogen) atoms. The highest BCUT2D eigenvalue weighted by Crippen LogP contribution is 2.49. The third-order valence-corrected chi connectivity index (χ3v) is 10.8. The van der Waals surface area contributed by atoms with Crippen LogP contribution in [-0.4, -0.2) is 9.13 Å². The monoisotopic (exact) mass is 622 g/mol. The van der Waals surface area contributed by atoms with E-state index in [9.17, 15) is 0 Å². The first-order valence-corrected chi connectivity index (χ1v) is 16.9. The number of nitrogens with zero attached hydrogens (tertiary/aromatic N) is 2. The standard InChI is InChI=1S/C46H26N2O/c1-2-12-28(13-3-1)47-39-24-22-34-31-14-4-6-18-38(31)48(29-20-21-30-32-16-8-10-27-11-9-17-33(42(27)32)37(30)26-29)45(34)43(39)36-23-25-41-44(46(36)47)35-15-5-7-19-40(35)49-41/h1-26H. The van der Waals surface area contributed by atoms with Crippen LogP contribution in [0.5, 0.6) is 0 Å². The molecule has 0 aliphatic heterocycles. The molecule has 12 rings (SSSR count). The zero-order valence-corrected chi connectivity index (χ0v) is 26.3. The van der Waals surface area contributed by atoms with Gasteiger partial charge in [0.05, 0.1) is 27.5 Å². The number of benzene rings is 8. The van der Waals surface area contributed by atoms with Crippen molar-refractivity contribution in [3.8, 4) is 33.6 Å². The predicted molar refractivity (Wildman–Crippen MR) is 204 cm³/mol. The zero-order chi connectivity index (χ0) is 31.8. The fourth-order valence-corrected chi connectivity index (χ4v) is 8.88. The van der Waals surface area contributed by atoms with E-state index in [-0.39, 0.29) is 0 Å². The van der Waals surface area contributed by atoms with Gasteiger partial charge in [-0.25, -0.2) is 0 Å². The minimum absolute atomic E-state index is 0.901.